The SMILES string of the molecule is CNC(CSc1cccc(OC)c1)(C(=O)OC)C1CC1. The number of hydrogen-bond acceptors (Lipinski definition) is 5. The lowest BCUT2D eigenvalue weighted by molar-refractivity contribution is -0.148. The summed E-state index contributed by atoms with van der Waals surface area (Å²) in [4.78, 5) is 13.3. The molecular weight excluding hydrogens is 274 g/mol. The number of ether oxygens (including phenoxy) is 2. The molecule has 1 N–H and O–H groups in total. The second-order valence-corrected chi connectivity index (χ2v) is 6.00. The maximum absolute atomic E-state index is 12.2. The highest BCUT2D eigenvalue weighted by atomic mass is 32.2. The highest BCUT2D eigenvalue weighted by Gasteiger charge is 2.50. The molecule has 1 aromatic rings. The zero-order valence-electron chi connectivity index (χ0n) is 12.1. The van der Waals surface area contributed by atoms with Gasteiger partial charge in [0.2, 0.25) is 0 Å². The van der Waals surface area contributed by atoms with Gasteiger partial charge in [-0.05, 0) is 44.0 Å². The second-order valence-electron chi connectivity index (χ2n) is 4.95. The van der Waals surface area contributed by atoms with Gasteiger partial charge in [0.05, 0.1) is 14.2 Å². The fraction of sp³-hybridized carbons (Fsp3) is 0.533. The quantitative estimate of drug-likeness (QED) is 0.618. The molecule has 1 aliphatic rings. The summed E-state index contributed by atoms with van der Waals surface area (Å²) in [7, 11) is 4.94. The first-order valence-electron chi connectivity index (χ1n) is 6.70. The van der Waals surface area contributed by atoms with Crippen LogP contribution in [0.25, 0.3) is 0 Å². The fourth-order valence-corrected chi connectivity index (χ4v) is 3.63. The Bertz CT molecular complexity index is 476. The van der Waals surface area contributed by atoms with Gasteiger partial charge in [-0.2, -0.15) is 0 Å². The first-order chi connectivity index (χ1) is 9.66. The van der Waals surface area contributed by atoms with Crippen LogP contribution in [0.1, 0.15) is 12.8 Å². The Morgan fingerprint density at radius 2 is 2.20 bits per heavy atom. The molecule has 1 saturated carbocycles. The molecule has 110 valence electrons. The van der Waals surface area contributed by atoms with Crippen molar-refractivity contribution in [1.29, 1.82) is 0 Å². The van der Waals surface area contributed by atoms with E-state index in [4.69, 9.17) is 9.47 Å². The van der Waals surface area contributed by atoms with Gasteiger partial charge in [0, 0.05) is 10.6 Å². The van der Waals surface area contributed by atoms with E-state index in [0.29, 0.717) is 11.7 Å². The molecule has 0 heterocycles. The highest BCUT2D eigenvalue weighted by Crippen LogP contribution is 2.43. The van der Waals surface area contributed by atoms with Crippen LogP contribution in [0.4, 0.5) is 0 Å². The second kappa shape index (κ2) is 6.50. The molecular formula is C15H21NO3S. The average molecular weight is 295 g/mol. The Kier molecular flexibility index (Phi) is 4.94. The number of nitrogens with one attached hydrogen (secondary N) is 1. The zero-order chi connectivity index (χ0) is 14.6. The number of carbonyl (C=O) groups is 1. The smallest absolute Gasteiger partial charge is 0.327 e. The molecule has 0 aliphatic heterocycles. The molecule has 1 aromatic carbocycles. The van der Waals surface area contributed by atoms with Crippen molar-refractivity contribution in [2.24, 2.45) is 5.92 Å². The van der Waals surface area contributed by atoms with E-state index >= 15 is 0 Å². The predicted molar refractivity (Wildman–Crippen MR) is 80.2 cm³/mol. The van der Waals surface area contributed by atoms with Crippen LogP contribution >= 0.6 is 11.8 Å². The van der Waals surface area contributed by atoms with Gasteiger partial charge >= 0.3 is 5.97 Å². The van der Waals surface area contributed by atoms with Gasteiger partial charge in [0.1, 0.15) is 11.3 Å². The van der Waals surface area contributed by atoms with Crippen molar-refractivity contribution in [2.45, 2.75) is 23.3 Å². The van der Waals surface area contributed by atoms with Crippen LogP contribution < -0.4 is 10.1 Å². The first kappa shape index (κ1) is 15.2. The molecule has 0 amide bonds. The number of rotatable bonds is 7. The van der Waals surface area contributed by atoms with Gasteiger partial charge < -0.3 is 14.8 Å². The van der Waals surface area contributed by atoms with E-state index < -0.39 is 5.54 Å². The van der Waals surface area contributed by atoms with Gasteiger partial charge in [-0.25, -0.2) is 0 Å². The molecule has 1 atom stereocenters. The third-order valence-electron chi connectivity index (χ3n) is 3.78. The largest absolute Gasteiger partial charge is 0.497 e. The van der Waals surface area contributed by atoms with Crippen LogP contribution in [0.15, 0.2) is 29.2 Å². The maximum Gasteiger partial charge on any atom is 0.327 e. The average Bonchev–Trinajstić information content (AvgIpc) is 3.33. The normalized spacial score (nSPS) is 17.4. The Morgan fingerprint density at radius 1 is 1.45 bits per heavy atom. The minimum atomic E-state index is -0.581. The van der Waals surface area contributed by atoms with Crippen molar-refractivity contribution in [1.82, 2.24) is 5.32 Å². The Hall–Kier alpha value is -1.20. The third kappa shape index (κ3) is 3.10. The van der Waals surface area contributed by atoms with E-state index in [0.717, 1.165) is 23.5 Å². The topological polar surface area (TPSA) is 47.6 Å². The summed E-state index contributed by atoms with van der Waals surface area (Å²) in [5.74, 6) is 1.69. The van der Waals surface area contributed by atoms with Crippen molar-refractivity contribution in [3.8, 4) is 5.75 Å². The van der Waals surface area contributed by atoms with Gasteiger partial charge in [0.15, 0.2) is 0 Å². The van der Waals surface area contributed by atoms with Crippen LogP contribution in [0.5, 0.6) is 5.75 Å². The van der Waals surface area contributed by atoms with Crippen LogP contribution in [-0.4, -0.2) is 38.5 Å². The number of esters is 1. The van der Waals surface area contributed by atoms with Crippen molar-refractivity contribution in [3.63, 3.8) is 0 Å². The van der Waals surface area contributed by atoms with Crippen molar-refractivity contribution in [3.05, 3.63) is 24.3 Å². The number of carbonyl (C=O) groups excluding carboxylic acids is 1. The summed E-state index contributed by atoms with van der Waals surface area (Å²) in [6.07, 6.45) is 2.16. The van der Waals surface area contributed by atoms with Gasteiger partial charge in [-0.15, -0.1) is 11.8 Å². The monoisotopic (exact) mass is 295 g/mol. The Balaban J connectivity index is 2.10. The molecule has 0 aromatic heterocycles. The molecule has 2 rings (SSSR count). The summed E-state index contributed by atoms with van der Waals surface area (Å²) in [5.41, 5.74) is -0.581. The molecule has 4 nitrogen and oxygen atoms in total. The molecule has 0 spiro atoms. The van der Waals surface area contributed by atoms with Gasteiger partial charge in [-0.1, -0.05) is 6.07 Å². The summed E-state index contributed by atoms with van der Waals surface area (Å²) < 4.78 is 10.2. The summed E-state index contributed by atoms with van der Waals surface area (Å²) in [6, 6.07) is 7.88. The first-order valence-corrected chi connectivity index (χ1v) is 7.69. The van der Waals surface area contributed by atoms with E-state index in [9.17, 15) is 4.79 Å². The maximum atomic E-state index is 12.2. The van der Waals surface area contributed by atoms with Gasteiger partial charge in [0.25, 0.3) is 0 Å². The fourth-order valence-electron chi connectivity index (χ4n) is 2.37. The number of likely N-dealkylation sites (N-methyl/N-ethyl adjacent to an activating group) is 1. The lowest BCUT2D eigenvalue weighted by Gasteiger charge is -2.30. The Morgan fingerprint density at radius 3 is 2.75 bits per heavy atom. The molecule has 1 unspecified atom stereocenters. The molecule has 20 heavy (non-hydrogen) atoms. The minimum absolute atomic E-state index is 0.169. The van der Waals surface area contributed by atoms with Crippen molar-refractivity contribution < 1.29 is 14.3 Å². The highest BCUT2D eigenvalue weighted by molar-refractivity contribution is 7.99. The molecule has 5 heteroatoms. The number of methoxy groups -OCH3 is 2. The van der Waals surface area contributed by atoms with Crippen LogP contribution in [0.3, 0.4) is 0 Å². The van der Waals surface area contributed by atoms with E-state index in [2.05, 4.69) is 5.32 Å². The molecule has 1 aliphatic carbocycles. The summed E-state index contributed by atoms with van der Waals surface area (Å²) in [6.45, 7) is 0. The zero-order valence-corrected chi connectivity index (χ0v) is 13.0. The lowest BCUT2D eigenvalue weighted by Crippen LogP contribution is -2.55. The molecule has 0 saturated heterocycles. The standard InChI is InChI=1S/C15H21NO3S/c1-16-15(11-7-8-11,14(17)19-3)10-20-13-6-4-5-12(9-13)18-2/h4-6,9,11,16H,7-8,10H2,1-3H3. The van der Waals surface area contributed by atoms with Crippen molar-refractivity contribution >= 4 is 17.7 Å². The third-order valence-corrected chi connectivity index (χ3v) is 4.96. The van der Waals surface area contributed by atoms with Crippen LogP contribution in [0.2, 0.25) is 0 Å². The number of benzene rings is 1. The summed E-state index contributed by atoms with van der Waals surface area (Å²) in [5, 5.41) is 3.20. The molecule has 0 bridgehead atoms. The Labute approximate surface area is 124 Å². The van der Waals surface area contributed by atoms with Crippen LogP contribution in [0, 0.1) is 5.92 Å². The number of hydrogen-bond donors (Lipinski definition) is 1. The van der Waals surface area contributed by atoms with E-state index in [1.54, 1.807) is 18.9 Å². The molecule has 0 radical (unpaired) electrons. The van der Waals surface area contributed by atoms with E-state index in [1.807, 2.05) is 31.3 Å². The predicted octanol–water partition coefficient (Wildman–Crippen LogP) is 2.33. The lowest BCUT2D eigenvalue weighted by atomic mass is 9.96. The molecule has 1 fully saturated rings. The summed E-state index contributed by atoms with van der Waals surface area (Å²) >= 11 is 1.65. The number of thioether (sulfide) groups is 1. The minimum Gasteiger partial charge on any atom is -0.497 e. The van der Waals surface area contributed by atoms with E-state index in [-0.39, 0.29) is 5.97 Å². The van der Waals surface area contributed by atoms with E-state index in [1.165, 1.54) is 7.11 Å². The van der Waals surface area contributed by atoms with Crippen LogP contribution in [-0.2, 0) is 9.53 Å². The van der Waals surface area contributed by atoms with Crippen molar-refractivity contribution in [2.75, 3.05) is 27.0 Å². The van der Waals surface area contributed by atoms with Gasteiger partial charge in [-0.3, -0.25) is 4.79 Å².